The lowest BCUT2D eigenvalue weighted by Crippen LogP contribution is -1.96. The van der Waals surface area contributed by atoms with Crippen molar-refractivity contribution in [1.29, 1.82) is 0 Å². The van der Waals surface area contributed by atoms with Gasteiger partial charge in [-0.1, -0.05) is 33.6 Å². The molecule has 98 valence electrons. The number of benzene rings is 2. The highest BCUT2D eigenvalue weighted by atomic mass is 79.9. The third kappa shape index (κ3) is 3.02. The van der Waals surface area contributed by atoms with Crippen LogP contribution in [0.1, 0.15) is 0 Å². The van der Waals surface area contributed by atoms with E-state index in [-0.39, 0.29) is 16.5 Å². The Hall–Kier alpha value is -1.66. The van der Waals surface area contributed by atoms with Crippen molar-refractivity contribution in [2.45, 2.75) is 0 Å². The average Bonchev–Trinajstić information content (AvgIpc) is 2.33. The molecule has 0 aliphatic carbocycles. The van der Waals surface area contributed by atoms with Gasteiger partial charge >= 0.3 is 5.69 Å². The summed E-state index contributed by atoms with van der Waals surface area (Å²) >= 11 is 9.13. The fraction of sp³-hybridized carbons (Fsp3) is 0. The van der Waals surface area contributed by atoms with Gasteiger partial charge < -0.3 is 4.74 Å². The third-order valence-electron chi connectivity index (χ3n) is 2.25. The van der Waals surface area contributed by atoms with Crippen molar-refractivity contribution in [1.82, 2.24) is 0 Å². The molecular weight excluding hydrogens is 340 g/mol. The second-order valence-corrected chi connectivity index (χ2v) is 4.84. The first kappa shape index (κ1) is 13.8. The molecule has 0 saturated carbocycles. The second-order valence-electron chi connectivity index (χ2n) is 3.52. The van der Waals surface area contributed by atoms with Gasteiger partial charge in [-0.2, -0.15) is 4.39 Å². The van der Waals surface area contributed by atoms with Crippen molar-refractivity contribution in [3.8, 4) is 11.5 Å². The summed E-state index contributed by atoms with van der Waals surface area (Å²) in [6, 6.07) is 8.41. The van der Waals surface area contributed by atoms with Crippen LogP contribution in [0.4, 0.5) is 10.1 Å². The Kier molecular flexibility index (Phi) is 4.01. The zero-order chi connectivity index (χ0) is 14.0. The van der Waals surface area contributed by atoms with E-state index in [2.05, 4.69) is 15.9 Å². The van der Waals surface area contributed by atoms with Crippen molar-refractivity contribution in [2.75, 3.05) is 0 Å². The van der Waals surface area contributed by atoms with E-state index in [9.17, 15) is 14.5 Å². The first-order valence-electron chi connectivity index (χ1n) is 5.05. The molecule has 0 aliphatic rings. The first-order chi connectivity index (χ1) is 8.99. The molecule has 2 aromatic rings. The first-order valence-corrected chi connectivity index (χ1v) is 6.22. The van der Waals surface area contributed by atoms with E-state index in [0.29, 0.717) is 4.47 Å². The Bertz CT molecular complexity index is 651. The van der Waals surface area contributed by atoms with Crippen LogP contribution in [0.15, 0.2) is 40.9 Å². The van der Waals surface area contributed by atoms with E-state index in [1.807, 2.05) is 0 Å². The Morgan fingerprint density at radius 1 is 1.26 bits per heavy atom. The molecule has 7 heteroatoms. The molecule has 0 spiro atoms. The summed E-state index contributed by atoms with van der Waals surface area (Å²) in [6.07, 6.45) is 0. The largest absolute Gasteiger partial charge is 0.448 e. The molecule has 4 nitrogen and oxygen atoms in total. The molecule has 0 aromatic heterocycles. The number of rotatable bonds is 3. The summed E-state index contributed by atoms with van der Waals surface area (Å²) in [5.41, 5.74) is -0.724. The highest BCUT2D eigenvalue weighted by Gasteiger charge is 2.22. The lowest BCUT2D eigenvalue weighted by molar-refractivity contribution is -0.388. The van der Waals surface area contributed by atoms with Crippen molar-refractivity contribution in [2.24, 2.45) is 0 Å². The van der Waals surface area contributed by atoms with Crippen LogP contribution in [0.3, 0.4) is 0 Å². The minimum atomic E-state index is -0.964. The number of nitrogens with zero attached hydrogens (tertiary/aromatic N) is 1. The number of nitro benzene ring substituents is 1. The van der Waals surface area contributed by atoms with E-state index in [1.54, 1.807) is 12.1 Å². The minimum absolute atomic E-state index is 0.199. The molecule has 0 saturated heterocycles. The van der Waals surface area contributed by atoms with Gasteiger partial charge in [0, 0.05) is 4.47 Å². The standard InChI is InChI=1S/C12H6BrClFNO3/c13-7-4-5-8(14)11(6-7)19-10-3-1-2-9(15)12(10)16(17)18/h1-6H. The van der Waals surface area contributed by atoms with Crippen LogP contribution in [0, 0.1) is 15.9 Å². The maximum Gasteiger partial charge on any atom is 0.346 e. The summed E-state index contributed by atoms with van der Waals surface area (Å²) in [5, 5.41) is 11.1. The smallest absolute Gasteiger partial charge is 0.346 e. The normalized spacial score (nSPS) is 10.3. The summed E-state index contributed by atoms with van der Waals surface area (Å²) in [7, 11) is 0. The predicted molar refractivity (Wildman–Crippen MR) is 72.3 cm³/mol. The molecule has 0 amide bonds. The van der Waals surface area contributed by atoms with Crippen LogP contribution < -0.4 is 4.74 Å². The molecule has 0 atom stereocenters. The number of para-hydroxylation sites is 1. The lowest BCUT2D eigenvalue weighted by Gasteiger charge is -2.08. The highest BCUT2D eigenvalue weighted by molar-refractivity contribution is 9.10. The van der Waals surface area contributed by atoms with Gasteiger partial charge in [-0.15, -0.1) is 0 Å². The highest BCUT2D eigenvalue weighted by Crippen LogP contribution is 2.37. The van der Waals surface area contributed by atoms with Crippen molar-refractivity contribution >= 4 is 33.2 Å². The van der Waals surface area contributed by atoms with E-state index in [4.69, 9.17) is 16.3 Å². The molecule has 0 heterocycles. The van der Waals surface area contributed by atoms with Gasteiger partial charge in [-0.3, -0.25) is 10.1 Å². The van der Waals surface area contributed by atoms with Crippen LogP contribution >= 0.6 is 27.5 Å². The zero-order valence-electron chi connectivity index (χ0n) is 9.27. The Morgan fingerprint density at radius 3 is 2.68 bits per heavy atom. The van der Waals surface area contributed by atoms with Crippen molar-refractivity contribution < 1.29 is 14.1 Å². The van der Waals surface area contributed by atoms with E-state index >= 15 is 0 Å². The summed E-state index contributed by atoms with van der Waals surface area (Å²) < 4.78 is 19.4. The SMILES string of the molecule is O=[N+]([O-])c1c(F)cccc1Oc1cc(Br)ccc1Cl. The summed E-state index contributed by atoms with van der Waals surface area (Å²) in [5.74, 6) is -0.969. The van der Waals surface area contributed by atoms with Gasteiger partial charge in [-0.25, -0.2) is 0 Å². The van der Waals surface area contributed by atoms with Crippen LogP contribution in [0.2, 0.25) is 5.02 Å². The number of hydrogen-bond donors (Lipinski definition) is 0. The Morgan fingerprint density at radius 2 is 2.00 bits per heavy atom. The lowest BCUT2D eigenvalue weighted by atomic mass is 10.3. The molecular formula is C12H6BrClFNO3. The monoisotopic (exact) mass is 345 g/mol. The topological polar surface area (TPSA) is 52.4 Å². The molecule has 0 bridgehead atoms. The third-order valence-corrected chi connectivity index (χ3v) is 3.05. The number of nitro groups is 1. The quantitative estimate of drug-likeness (QED) is 0.584. The maximum atomic E-state index is 13.4. The van der Waals surface area contributed by atoms with Crippen molar-refractivity contribution in [3.05, 3.63) is 61.8 Å². The molecule has 19 heavy (non-hydrogen) atoms. The van der Waals surface area contributed by atoms with E-state index in [0.717, 1.165) is 6.07 Å². The van der Waals surface area contributed by atoms with Crippen molar-refractivity contribution in [3.63, 3.8) is 0 Å². The van der Waals surface area contributed by atoms with Gasteiger partial charge in [0.15, 0.2) is 0 Å². The predicted octanol–water partition coefficient (Wildman–Crippen LogP) is 4.94. The van der Waals surface area contributed by atoms with Crippen LogP contribution in [0.25, 0.3) is 0 Å². The number of halogens is 3. The van der Waals surface area contributed by atoms with Gasteiger partial charge in [0.25, 0.3) is 0 Å². The number of hydrogen-bond acceptors (Lipinski definition) is 3. The van der Waals surface area contributed by atoms with Gasteiger partial charge in [0.2, 0.25) is 11.6 Å². The Labute approximate surface area is 121 Å². The molecule has 0 N–H and O–H groups in total. The minimum Gasteiger partial charge on any atom is -0.448 e. The number of ether oxygens (including phenoxy) is 1. The molecule has 0 unspecified atom stereocenters. The fourth-order valence-electron chi connectivity index (χ4n) is 1.43. The van der Waals surface area contributed by atoms with Crippen LogP contribution in [0.5, 0.6) is 11.5 Å². The average molecular weight is 347 g/mol. The molecule has 0 fully saturated rings. The van der Waals surface area contributed by atoms with Gasteiger partial charge in [0.05, 0.1) is 9.95 Å². The summed E-state index contributed by atoms with van der Waals surface area (Å²) in [6.45, 7) is 0. The maximum absolute atomic E-state index is 13.4. The van der Waals surface area contributed by atoms with Crippen LogP contribution in [-0.2, 0) is 0 Å². The zero-order valence-corrected chi connectivity index (χ0v) is 11.6. The van der Waals surface area contributed by atoms with Gasteiger partial charge in [0.1, 0.15) is 5.75 Å². The fourth-order valence-corrected chi connectivity index (χ4v) is 1.93. The van der Waals surface area contributed by atoms with E-state index in [1.165, 1.54) is 18.2 Å². The second kappa shape index (κ2) is 5.54. The van der Waals surface area contributed by atoms with Crippen LogP contribution in [-0.4, -0.2) is 4.92 Å². The molecule has 2 aromatic carbocycles. The van der Waals surface area contributed by atoms with Gasteiger partial charge in [-0.05, 0) is 30.3 Å². The molecule has 0 aliphatic heterocycles. The molecule has 0 radical (unpaired) electrons. The Balaban J connectivity index is 2.46. The summed E-state index contributed by atoms with van der Waals surface area (Å²) in [4.78, 5) is 9.99. The molecule has 2 rings (SSSR count). The van der Waals surface area contributed by atoms with E-state index < -0.39 is 16.4 Å².